The lowest BCUT2D eigenvalue weighted by atomic mass is 10.1. The van der Waals surface area contributed by atoms with Crippen LogP contribution >= 0.6 is 11.6 Å². The van der Waals surface area contributed by atoms with Gasteiger partial charge in [-0.25, -0.2) is 4.98 Å². The first-order valence-electron chi connectivity index (χ1n) is 5.12. The van der Waals surface area contributed by atoms with Crippen LogP contribution in [0.1, 0.15) is 24.8 Å². The van der Waals surface area contributed by atoms with Crippen LogP contribution < -0.4 is 4.90 Å². The second-order valence-corrected chi connectivity index (χ2v) is 4.03. The van der Waals surface area contributed by atoms with E-state index in [1.54, 1.807) is 12.3 Å². The third-order valence-corrected chi connectivity index (χ3v) is 3.02. The number of piperidine rings is 1. The fourth-order valence-electron chi connectivity index (χ4n) is 1.85. The van der Waals surface area contributed by atoms with Crippen LogP contribution in [0.3, 0.4) is 0 Å². The molecule has 1 fully saturated rings. The average Bonchev–Trinajstić information content (AvgIpc) is 2.30. The maximum atomic E-state index is 8.86. The first kappa shape index (κ1) is 10.3. The van der Waals surface area contributed by atoms with E-state index in [-0.39, 0.29) is 0 Å². The lowest BCUT2D eigenvalue weighted by Crippen LogP contribution is -2.30. The predicted octanol–water partition coefficient (Wildman–Crippen LogP) is 2.60. The minimum Gasteiger partial charge on any atom is -0.355 e. The summed E-state index contributed by atoms with van der Waals surface area (Å²) in [5, 5.41) is 9.35. The van der Waals surface area contributed by atoms with Crippen LogP contribution in [0.25, 0.3) is 0 Å². The molecule has 1 saturated heterocycles. The molecule has 0 aromatic carbocycles. The Morgan fingerprint density at radius 2 is 2.07 bits per heavy atom. The second-order valence-electron chi connectivity index (χ2n) is 3.66. The number of pyridine rings is 1. The topological polar surface area (TPSA) is 39.9 Å². The Morgan fingerprint density at radius 1 is 1.33 bits per heavy atom. The van der Waals surface area contributed by atoms with Gasteiger partial charge in [-0.2, -0.15) is 5.26 Å². The first-order valence-corrected chi connectivity index (χ1v) is 5.50. The monoisotopic (exact) mass is 221 g/mol. The zero-order valence-electron chi connectivity index (χ0n) is 8.41. The fourth-order valence-corrected chi connectivity index (χ4v) is 2.12. The van der Waals surface area contributed by atoms with Gasteiger partial charge in [0.05, 0.1) is 5.56 Å². The Labute approximate surface area is 94.3 Å². The van der Waals surface area contributed by atoms with Crippen molar-refractivity contribution in [2.45, 2.75) is 19.3 Å². The number of nitriles is 1. The largest absolute Gasteiger partial charge is 0.355 e. The van der Waals surface area contributed by atoms with Crippen molar-refractivity contribution in [1.29, 1.82) is 5.26 Å². The molecule has 0 unspecified atom stereocenters. The first-order chi connectivity index (χ1) is 7.33. The molecule has 0 amide bonds. The molecule has 1 aliphatic heterocycles. The molecule has 78 valence electrons. The summed E-state index contributed by atoms with van der Waals surface area (Å²) in [5.41, 5.74) is 0.507. The molecule has 2 rings (SSSR count). The van der Waals surface area contributed by atoms with Crippen molar-refractivity contribution in [2.75, 3.05) is 18.0 Å². The van der Waals surface area contributed by atoms with E-state index >= 15 is 0 Å². The molecule has 0 radical (unpaired) electrons. The van der Waals surface area contributed by atoms with Crippen LogP contribution in [0.2, 0.25) is 5.02 Å². The Morgan fingerprint density at radius 3 is 2.73 bits per heavy atom. The van der Waals surface area contributed by atoms with Crippen molar-refractivity contribution in [3.8, 4) is 6.07 Å². The molecule has 1 aromatic rings. The number of rotatable bonds is 1. The summed E-state index contributed by atoms with van der Waals surface area (Å²) < 4.78 is 0. The van der Waals surface area contributed by atoms with Crippen molar-refractivity contribution >= 4 is 17.4 Å². The van der Waals surface area contributed by atoms with Gasteiger partial charge in [-0.15, -0.1) is 0 Å². The molecule has 4 heteroatoms. The van der Waals surface area contributed by atoms with E-state index in [1.165, 1.54) is 19.3 Å². The third-order valence-electron chi connectivity index (χ3n) is 2.65. The van der Waals surface area contributed by atoms with Gasteiger partial charge in [-0.05, 0) is 25.3 Å². The Kier molecular flexibility index (Phi) is 3.08. The van der Waals surface area contributed by atoms with Crippen LogP contribution in [0.4, 0.5) is 5.82 Å². The van der Waals surface area contributed by atoms with E-state index in [4.69, 9.17) is 16.9 Å². The highest BCUT2D eigenvalue weighted by Gasteiger charge is 2.16. The number of halogens is 1. The molecule has 15 heavy (non-hydrogen) atoms. The summed E-state index contributed by atoms with van der Waals surface area (Å²) >= 11 is 6.12. The molecule has 1 aromatic heterocycles. The summed E-state index contributed by atoms with van der Waals surface area (Å²) in [7, 11) is 0. The molecule has 0 spiro atoms. The van der Waals surface area contributed by atoms with Crippen molar-refractivity contribution in [3.63, 3.8) is 0 Å². The predicted molar refractivity (Wildman–Crippen MR) is 60.0 cm³/mol. The molecular weight excluding hydrogens is 210 g/mol. The molecule has 2 heterocycles. The number of anilines is 1. The molecule has 1 aliphatic rings. The van der Waals surface area contributed by atoms with Crippen molar-refractivity contribution < 1.29 is 0 Å². The zero-order valence-corrected chi connectivity index (χ0v) is 9.17. The standard InChI is InChI=1S/C11H12ClN3/c12-10-9(8-13)4-5-14-11(10)15-6-2-1-3-7-15/h4-5H,1-3,6-7H2. The van der Waals surface area contributed by atoms with Crippen LogP contribution in [-0.2, 0) is 0 Å². The lowest BCUT2D eigenvalue weighted by molar-refractivity contribution is 0.573. The van der Waals surface area contributed by atoms with Gasteiger partial charge in [0.15, 0.2) is 0 Å². The van der Waals surface area contributed by atoms with Crippen LogP contribution in [0.5, 0.6) is 0 Å². The summed E-state index contributed by atoms with van der Waals surface area (Å²) in [6.07, 6.45) is 5.27. The van der Waals surface area contributed by atoms with E-state index in [0.29, 0.717) is 10.6 Å². The smallest absolute Gasteiger partial charge is 0.148 e. The molecule has 3 nitrogen and oxygen atoms in total. The molecule has 0 atom stereocenters. The molecule has 0 bridgehead atoms. The van der Waals surface area contributed by atoms with Crippen LogP contribution in [-0.4, -0.2) is 18.1 Å². The summed E-state index contributed by atoms with van der Waals surface area (Å²) in [4.78, 5) is 6.41. The Hall–Kier alpha value is -1.27. The van der Waals surface area contributed by atoms with Gasteiger partial charge in [0.2, 0.25) is 0 Å². The van der Waals surface area contributed by atoms with E-state index in [9.17, 15) is 0 Å². The highest BCUT2D eigenvalue weighted by molar-refractivity contribution is 6.34. The van der Waals surface area contributed by atoms with Gasteiger partial charge in [0.25, 0.3) is 0 Å². The van der Waals surface area contributed by atoms with Gasteiger partial charge >= 0.3 is 0 Å². The highest BCUT2D eigenvalue weighted by atomic mass is 35.5. The number of aromatic nitrogens is 1. The maximum absolute atomic E-state index is 8.86. The highest BCUT2D eigenvalue weighted by Crippen LogP contribution is 2.28. The Balaban J connectivity index is 2.31. The van der Waals surface area contributed by atoms with Crippen molar-refractivity contribution in [3.05, 3.63) is 22.8 Å². The zero-order chi connectivity index (χ0) is 10.7. The lowest BCUT2D eigenvalue weighted by Gasteiger charge is -2.28. The SMILES string of the molecule is N#Cc1ccnc(N2CCCCC2)c1Cl. The van der Waals surface area contributed by atoms with Gasteiger partial charge < -0.3 is 4.90 Å². The molecular formula is C11H12ClN3. The quantitative estimate of drug-likeness (QED) is 0.732. The number of hydrogen-bond donors (Lipinski definition) is 0. The van der Waals surface area contributed by atoms with E-state index < -0.39 is 0 Å². The van der Waals surface area contributed by atoms with Crippen LogP contribution in [0.15, 0.2) is 12.3 Å². The van der Waals surface area contributed by atoms with Gasteiger partial charge in [-0.1, -0.05) is 11.6 Å². The molecule has 0 aliphatic carbocycles. The van der Waals surface area contributed by atoms with E-state index in [2.05, 4.69) is 16.0 Å². The average molecular weight is 222 g/mol. The summed E-state index contributed by atoms with van der Waals surface area (Å²) in [6.45, 7) is 1.98. The minimum absolute atomic E-state index is 0.488. The number of nitrogens with zero attached hydrogens (tertiary/aromatic N) is 3. The minimum atomic E-state index is 0.488. The number of hydrogen-bond acceptors (Lipinski definition) is 3. The van der Waals surface area contributed by atoms with Gasteiger partial charge in [0, 0.05) is 19.3 Å². The van der Waals surface area contributed by atoms with E-state index in [1.807, 2.05) is 0 Å². The summed E-state index contributed by atoms with van der Waals surface area (Å²) in [6, 6.07) is 3.72. The maximum Gasteiger partial charge on any atom is 0.148 e. The van der Waals surface area contributed by atoms with E-state index in [0.717, 1.165) is 18.9 Å². The van der Waals surface area contributed by atoms with Gasteiger partial charge in [-0.3, -0.25) is 0 Å². The molecule has 0 saturated carbocycles. The fraction of sp³-hybridized carbons (Fsp3) is 0.455. The normalized spacial score (nSPS) is 16.1. The van der Waals surface area contributed by atoms with Gasteiger partial charge in [0.1, 0.15) is 16.9 Å². The summed E-state index contributed by atoms with van der Waals surface area (Å²) in [5.74, 6) is 0.760. The third kappa shape index (κ3) is 2.05. The van der Waals surface area contributed by atoms with Crippen molar-refractivity contribution in [2.24, 2.45) is 0 Å². The molecule has 0 N–H and O–H groups in total. The Bertz CT molecular complexity index is 391. The van der Waals surface area contributed by atoms with Crippen LogP contribution in [0, 0.1) is 11.3 Å². The van der Waals surface area contributed by atoms with Crippen molar-refractivity contribution in [1.82, 2.24) is 4.98 Å². The second kappa shape index (κ2) is 4.50.